The average Bonchev–Trinajstić information content (AvgIpc) is 3.02. The van der Waals surface area contributed by atoms with Crippen LogP contribution in [0.5, 0.6) is 0 Å². The van der Waals surface area contributed by atoms with Gasteiger partial charge in [0, 0.05) is 67.3 Å². The fraction of sp³-hybridized carbons (Fsp3) is 0.300. The Morgan fingerprint density at radius 2 is 1.35 bits per heavy atom. The smallest absolute Gasteiger partial charge is 0.162 e. The first-order valence-corrected chi connectivity index (χ1v) is 16.0. The minimum absolute atomic E-state index is 0. The monoisotopic (exact) mass is 835 g/mol. The molecule has 1 aromatic heterocycles. The Morgan fingerprint density at radius 3 is 1.94 bits per heavy atom. The molecule has 0 spiro atoms. The minimum atomic E-state index is -1.15. The number of halogens is 4. The van der Waals surface area contributed by atoms with Gasteiger partial charge in [0.1, 0.15) is 23.3 Å². The molecule has 4 aromatic carbocycles. The molecule has 0 amide bonds. The number of hydrogen-bond acceptors (Lipinski definition) is 3. The molecule has 5 aromatic rings. The normalized spacial score (nSPS) is 11.5. The molecular formula is C40H40F4IrNO2-. The van der Waals surface area contributed by atoms with Crippen LogP contribution in [-0.4, -0.2) is 15.9 Å². The maximum absolute atomic E-state index is 15.4. The van der Waals surface area contributed by atoms with Gasteiger partial charge in [-0.15, -0.1) is 34.9 Å². The van der Waals surface area contributed by atoms with Crippen molar-refractivity contribution in [1.29, 1.82) is 0 Å². The Hall–Kier alpha value is -3.87. The van der Waals surface area contributed by atoms with E-state index in [1.54, 1.807) is 30.5 Å². The zero-order valence-corrected chi connectivity index (χ0v) is 30.4. The largest absolute Gasteiger partial charge is 0.512 e. The SMILES string of the molecule is CCC(CC)C(=O)/C=C(\O)C(CC)CC.Cc1[c-]c(-c2nccc3c2ccc2c(F)c(-c4c(F)cc(F)cc4F)ccc23)cc(C)c1.[Ir]. The van der Waals surface area contributed by atoms with E-state index in [-0.39, 0.29) is 54.4 Å². The molecule has 0 saturated carbocycles. The van der Waals surface area contributed by atoms with Gasteiger partial charge >= 0.3 is 0 Å². The molecular weight excluding hydrogens is 795 g/mol. The number of ketones is 1. The van der Waals surface area contributed by atoms with Gasteiger partial charge in [-0.3, -0.25) is 4.79 Å². The van der Waals surface area contributed by atoms with E-state index in [9.17, 15) is 23.1 Å². The van der Waals surface area contributed by atoms with E-state index in [0.29, 0.717) is 17.5 Å². The Morgan fingerprint density at radius 1 is 0.792 bits per heavy atom. The fourth-order valence-corrected chi connectivity index (χ4v) is 6.04. The number of nitrogens with zero attached hydrogens (tertiary/aromatic N) is 1. The zero-order valence-electron chi connectivity index (χ0n) is 28.0. The minimum Gasteiger partial charge on any atom is -0.512 e. The fourth-order valence-electron chi connectivity index (χ4n) is 6.04. The Balaban J connectivity index is 0.000000334. The molecule has 255 valence electrons. The number of fused-ring (bicyclic) bond motifs is 3. The van der Waals surface area contributed by atoms with Crippen molar-refractivity contribution in [2.75, 3.05) is 0 Å². The van der Waals surface area contributed by atoms with E-state index in [1.807, 2.05) is 53.7 Å². The van der Waals surface area contributed by atoms with Crippen LogP contribution < -0.4 is 0 Å². The predicted octanol–water partition coefficient (Wildman–Crippen LogP) is 11.6. The van der Waals surface area contributed by atoms with Crippen LogP contribution in [0.25, 0.3) is 43.9 Å². The summed E-state index contributed by atoms with van der Waals surface area (Å²) in [7, 11) is 0. The number of benzene rings is 4. The molecule has 0 saturated heterocycles. The van der Waals surface area contributed by atoms with Crippen molar-refractivity contribution in [2.45, 2.75) is 67.2 Å². The molecule has 0 atom stereocenters. The molecule has 0 bridgehead atoms. The molecule has 48 heavy (non-hydrogen) atoms. The molecule has 1 N–H and O–H groups in total. The van der Waals surface area contributed by atoms with E-state index in [0.717, 1.165) is 58.8 Å². The van der Waals surface area contributed by atoms with Crippen LogP contribution in [-0.2, 0) is 24.9 Å². The van der Waals surface area contributed by atoms with Crippen LogP contribution in [0, 0.1) is 55.0 Å². The van der Waals surface area contributed by atoms with Crippen molar-refractivity contribution in [3.8, 4) is 22.4 Å². The molecule has 5 rings (SSSR count). The van der Waals surface area contributed by atoms with E-state index in [1.165, 1.54) is 12.1 Å². The third-order valence-electron chi connectivity index (χ3n) is 8.64. The van der Waals surface area contributed by atoms with Gasteiger partial charge in [0.25, 0.3) is 0 Å². The number of aromatic nitrogens is 1. The number of hydrogen-bond donors (Lipinski definition) is 1. The number of rotatable bonds is 9. The Kier molecular flexibility index (Phi) is 13.7. The third-order valence-corrected chi connectivity index (χ3v) is 8.64. The summed E-state index contributed by atoms with van der Waals surface area (Å²) in [6.07, 6.45) is 6.55. The predicted molar refractivity (Wildman–Crippen MR) is 182 cm³/mol. The maximum atomic E-state index is 15.4. The Labute approximate surface area is 293 Å². The van der Waals surface area contributed by atoms with Crippen LogP contribution in [0.3, 0.4) is 0 Å². The van der Waals surface area contributed by atoms with Crippen molar-refractivity contribution in [2.24, 2.45) is 11.8 Å². The summed E-state index contributed by atoms with van der Waals surface area (Å²) in [5.74, 6) is -3.59. The summed E-state index contributed by atoms with van der Waals surface area (Å²) in [6, 6.07) is 16.4. The molecule has 1 heterocycles. The molecule has 0 fully saturated rings. The zero-order chi connectivity index (χ0) is 34.4. The number of carbonyl (C=O) groups is 1. The number of aliphatic hydroxyl groups excluding tert-OH is 1. The van der Waals surface area contributed by atoms with Crippen molar-refractivity contribution in [3.63, 3.8) is 0 Å². The number of carbonyl (C=O) groups excluding carboxylic acids is 1. The number of pyridine rings is 1. The first-order valence-electron chi connectivity index (χ1n) is 16.0. The molecule has 0 aliphatic heterocycles. The van der Waals surface area contributed by atoms with Crippen LogP contribution in [0.4, 0.5) is 17.6 Å². The van der Waals surface area contributed by atoms with Crippen LogP contribution >= 0.6 is 0 Å². The summed E-state index contributed by atoms with van der Waals surface area (Å²) < 4.78 is 57.3. The number of aliphatic hydroxyl groups is 1. The second-order valence-electron chi connectivity index (χ2n) is 11.8. The van der Waals surface area contributed by atoms with Crippen LogP contribution in [0.2, 0.25) is 0 Å². The van der Waals surface area contributed by atoms with Gasteiger partial charge in [-0.2, -0.15) is 0 Å². The van der Waals surface area contributed by atoms with Crippen molar-refractivity contribution >= 4 is 27.3 Å². The standard InChI is InChI=1S/C27H16F4N.C13H24O2.Ir/c1-14-9-15(2)11-16(10-14)27-21-5-4-20-18(19(21)7-8-32-27)3-6-22(26(20)31)25-23(29)12-17(28)13-24(25)30;1-5-10(6-2)12(14)9-13(15)11(7-3)8-4;/h3-10,12-13H,1-2H3;9-11,14H,5-8H2,1-4H3;/q-1;;/b;12-9-;. The quantitative estimate of drug-likeness (QED) is 0.0529. The van der Waals surface area contributed by atoms with Crippen molar-refractivity contribution in [3.05, 3.63) is 113 Å². The molecule has 0 aliphatic rings. The van der Waals surface area contributed by atoms with E-state index >= 15 is 4.39 Å². The Bertz CT molecular complexity index is 1900. The summed E-state index contributed by atoms with van der Waals surface area (Å²) in [4.78, 5) is 16.2. The van der Waals surface area contributed by atoms with Gasteiger partial charge in [0.05, 0.1) is 11.3 Å². The summed E-state index contributed by atoms with van der Waals surface area (Å²) >= 11 is 0. The van der Waals surface area contributed by atoms with Crippen molar-refractivity contribution < 1.29 is 47.6 Å². The topological polar surface area (TPSA) is 50.2 Å². The van der Waals surface area contributed by atoms with Crippen molar-refractivity contribution in [1.82, 2.24) is 4.98 Å². The molecule has 0 unspecified atom stereocenters. The summed E-state index contributed by atoms with van der Waals surface area (Å²) in [5, 5.41) is 12.1. The van der Waals surface area contributed by atoms with Gasteiger partial charge in [-0.05, 0) is 53.6 Å². The first kappa shape index (κ1) is 38.6. The van der Waals surface area contributed by atoms with Gasteiger partial charge in [-0.1, -0.05) is 65.8 Å². The second kappa shape index (κ2) is 17.0. The van der Waals surface area contributed by atoms with Crippen LogP contribution in [0.1, 0.15) is 64.5 Å². The first-order chi connectivity index (χ1) is 22.4. The molecule has 8 heteroatoms. The molecule has 1 radical (unpaired) electrons. The maximum Gasteiger partial charge on any atom is 0.162 e. The average molecular weight is 835 g/mol. The summed E-state index contributed by atoms with van der Waals surface area (Å²) in [6.45, 7) is 12.0. The molecule has 3 nitrogen and oxygen atoms in total. The molecule has 0 aliphatic carbocycles. The number of aryl methyl sites for hydroxylation is 2. The number of allylic oxidation sites excluding steroid dienone is 2. The van der Waals surface area contributed by atoms with Crippen LogP contribution in [0.15, 0.2) is 72.6 Å². The van der Waals surface area contributed by atoms with Gasteiger partial charge in [0.2, 0.25) is 0 Å². The van der Waals surface area contributed by atoms with E-state index in [4.69, 9.17) is 0 Å². The summed E-state index contributed by atoms with van der Waals surface area (Å²) in [5.41, 5.74) is 2.76. The van der Waals surface area contributed by atoms with E-state index < -0.39 is 28.8 Å². The van der Waals surface area contributed by atoms with Gasteiger partial charge in [-0.25, -0.2) is 17.6 Å². The van der Waals surface area contributed by atoms with Gasteiger partial charge < -0.3 is 10.1 Å². The third kappa shape index (κ3) is 8.40. The van der Waals surface area contributed by atoms with Gasteiger partial charge in [0.15, 0.2) is 5.78 Å². The second-order valence-corrected chi connectivity index (χ2v) is 11.8. The van der Waals surface area contributed by atoms with E-state index in [2.05, 4.69) is 11.1 Å².